The molecule has 1 aromatic rings. The second-order valence-corrected chi connectivity index (χ2v) is 3.44. The van der Waals surface area contributed by atoms with E-state index in [0.717, 1.165) is 0 Å². The Morgan fingerprint density at radius 1 is 1.24 bits per heavy atom. The van der Waals surface area contributed by atoms with E-state index in [1.54, 1.807) is 18.2 Å². The van der Waals surface area contributed by atoms with Gasteiger partial charge in [0, 0.05) is 5.57 Å². The molecule has 17 heavy (non-hydrogen) atoms. The molecule has 0 saturated heterocycles. The first-order valence-electron chi connectivity index (χ1n) is 5.82. The van der Waals surface area contributed by atoms with Crippen molar-refractivity contribution in [2.75, 3.05) is 6.61 Å². The molecule has 0 aromatic heterocycles. The van der Waals surface area contributed by atoms with Gasteiger partial charge in [0.2, 0.25) is 0 Å². The van der Waals surface area contributed by atoms with Crippen molar-refractivity contribution in [3.63, 3.8) is 0 Å². The number of benzene rings is 1. The number of allylic oxidation sites excluding steroid dienone is 1. The van der Waals surface area contributed by atoms with Gasteiger partial charge >= 0.3 is 5.97 Å². The van der Waals surface area contributed by atoms with Crippen LogP contribution in [-0.2, 0) is 4.79 Å². The Morgan fingerprint density at radius 3 is 2.41 bits per heavy atom. The number of hydrogen-bond acceptors (Lipinski definition) is 3. The number of carbonyl (C=O) groups excluding carboxylic acids is 1. The lowest BCUT2D eigenvalue weighted by atomic mass is 10.2. The van der Waals surface area contributed by atoms with Crippen molar-refractivity contribution in [3.05, 3.63) is 35.9 Å². The third kappa shape index (κ3) is 3.63. The van der Waals surface area contributed by atoms with Crippen molar-refractivity contribution < 1.29 is 14.3 Å². The van der Waals surface area contributed by atoms with Gasteiger partial charge in [0.1, 0.15) is 0 Å². The molecule has 3 heteroatoms. The molecule has 92 valence electrons. The molecule has 0 unspecified atom stereocenters. The number of rotatable bonds is 5. The highest BCUT2D eigenvalue weighted by Gasteiger charge is 2.12. The maximum atomic E-state index is 11.8. The van der Waals surface area contributed by atoms with Gasteiger partial charge in [-0.1, -0.05) is 25.1 Å². The highest BCUT2D eigenvalue weighted by Crippen LogP contribution is 2.27. The zero-order valence-electron chi connectivity index (χ0n) is 10.5. The first-order valence-corrected chi connectivity index (χ1v) is 5.82. The Kier molecular flexibility index (Phi) is 5.27. The molecule has 0 heterocycles. The summed E-state index contributed by atoms with van der Waals surface area (Å²) in [5, 5.41) is 0. The molecule has 0 amide bonds. The summed E-state index contributed by atoms with van der Waals surface area (Å²) in [5.41, 5.74) is 0.663. The highest BCUT2D eigenvalue weighted by atomic mass is 16.6. The third-order valence-electron chi connectivity index (χ3n) is 2.34. The summed E-state index contributed by atoms with van der Waals surface area (Å²) < 4.78 is 10.7. The Balaban J connectivity index is 2.84. The SMILES string of the molecule is CC=C(CC)C(=O)Oc1ccccc1OCC. The summed E-state index contributed by atoms with van der Waals surface area (Å²) in [7, 11) is 0. The van der Waals surface area contributed by atoms with Crippen LogP contribution in [0.15, 0.2) is 35.9 Å². The fourth-order valence-corrected chi connectivity index (χ4v) is 1.44. The van der Waals surface area contributed by atoms with Crippen molar-refractivity contribution in [2.45, 2.75) is 27.2 Å². The van der Waals surface area contributed by atoms with Crippen LogP contribution in [0.3, 0.4) is 0 Å². The molecule has 0 bridgehead atoms. The van der Waals surface area contributed by atoms with Crippen molar-refractivity contribution in [1.82, 2.24) is 0 Å². The number of carbonyl (C=O) groups is 1. The quantitative estimate of drug-likeness (QED) is 0.445. The lowest BCUT2D eigenvalue weighted by molar-refractivity contribution is -0.130. The number of ether oxygens (including phenoxy) is 2. The highest BCUT2D eigenvalue weighted by molar-refractivity contribution is 5.90. The van der Waals surface area contributed by atoms with E-state index < -0.39 is 0 Å². The standard InChI is InChI=1S/C14H18O3/c1-4-11(5-2)14(15)17-13-10-8-7-9-12(13)16-6-3/h4,7-10H,5-6H2,1-3H3. The Bertz CT molecular complexity index is 408. The lowest BCUT2D eigenvalue weighted by Gasteiger charge is -2.10. The van der Waals surface area contributed by atoms with Crippen LogP contribution in [0, 0.1) is 0 Å². The third-order valence-corrected chi connectivity index (χ3v) is 2.34. The Morgan fingerprint density at radius 2 is 1.88 bits per heavy atom. The van der Waals surface area contributed by atoms with Gasteiger partial charge in [0.05, 0.1) is 6.61 Å². The summed E-state index contributed by atoms with van der Waals surface area (Å²) in [6.45, 7) is 6.18. The van der Waals surface area contributed by atoms with Crippen LogP contribution in [0.5, 0.6) is 11.5 Å². The second-order valence-electron chi connectivity index (χ2n) is 3.44. The molecule has 1 rings (SSSR count). The number of hydrogen-bond donors (Lipinski definition) is 0. The van der Waals surface area contributed by atoms with Crippen LogP contribution in [-0.4, -0.2) is 12.6 Å². The van der Waals surface area contributed by atoms with E-state index in [9.17, 15) is 4.79 Å². The van der Waals surface area contributed by atoms with E-state index in [-0.39, 0.29) is 5.97 Å². The number of esters is 1. The number of para-hydroxylation sites is 2. The fraction of sp³-hybridized carbons (Fsp3) is 0.357. The average Bonchev–Trinajstić information content (AvgIpc) is 2.33. The zero-order valence-corrected chi connectivity index (χ0v) is 10.5. The predicted octanol–water partition coefficient (Wildman–Crippen LogP) is 3.35. The van der Waals surface area contributed by atoms with Gasteiger partial charge in [-0.15, -0.1) is 0 Å². The second kappa shape index (κ2) is 6.74. The minimum atomic E-state index is -0.317. The van der Waals surface area contributed by atoms with Crippen LogP contribution in [0.25, 0.3) is 0 Å². The predicted molar refractivity (Wildman–Crippen MR) is 67.3 cm³/mol. The van der Waals surface area contributed by atoms with E-state index in [0.29, 0.717) is 30.1 Å². The van der Waals surface area contributed by atoms with Gasteiger partial charge < -0.3 is 9.47 Å². The molecule has 0 radical (unpaired) electrons. The van der Waals surface area contributed by atoms with Crippen LogP contribution in [0.1, 0.15) is 27.2 Å². The summed E-state index contributed by atoms with van der Waals surface area (Å²) in [5.74, 6) is 0.740. The summed E-state index contributed by atoms with van der Waals surface area (Å²) >= 11 is 0. The van der Waals surface area contributed by atoms with Crippen molar-refractivity contribution >= 4 is 5.97 Å². The molecule has 0 atom stereocenters. The molecule has 0 spiro atoms. The Hall–Kier alpha value is -1.77. The summed E-state index contributed by atoms with van der Waals surface area (Å²) in [4.78, 5) is 11.8. The van der Waals surface area contributed by atoms with Crippen LogP contribution >= 0.6 is 0 Å². The van der Waals surface area contributed by atoms with Gasteiger partial charge in [-0.25, -0.2) is 4.79 Å². The van der Waals surface area contributed by atoms with Crippen LogP contribution in [0.2, 0.25) is 0 Å². The van der Waals surface area contributed by atoms with E-state index in [4.69, 9.17) is 9.47 Å². The molecule has 0 N–H and O–H groups in total. The van der Waals surface area contributed by atoms with Crippen molar-refractivity contribution in [1.29, 1.82) is 0 Å². The Labute approximate surface area is 102 Å². The molecule has 3 nitrogen and oxygen atoms in total. The average molecular weight is 234 g/mol. The van der Waals surface area contributed by atoms with Crippen molar-refractivity contribution in [3.8, 4) is 11.5 Å². The smallest absolute Gasteiger partial charge is 0.339 e. The summed E-state index contributed by atoms with van der Waals surface area (Å²) in [6, 6.07) is 7.17. The molecule has 0 aliphatic rings. The zero-order chi connectivity index (χ0) is 12.7. The topological polar surface area (TPSA) is 35.5 Å². The molecular formula is C14H18O3. The normalized spacial score (nSPS) is 11.1. The van der Waals surface area contributed by atoms with Gasteiger partial charge in [-0.05, 0) is 32.4 Å². The molecule has 0 saturated carbocycles. The van der Waals surface area contributed by atoms with Gasteiger partial charge in [-0.2, -0.15) is 0 Å². The van der Waals surface area contributed by atoms with Gasteiger partial charge in [-0.3, -0.25) is 0 Å². The molecular weight excluding hydrogens is 216 g/mol. The maximum absolute atomic E-state index is 11.8. The molecule has 1 aromatic carbocycles. The minimum absolute atomic E-state index is 0.317. The van der Waals surface area contributed by atoms with Crippen LogP contribution < -0.4 is 9.47 Å². The summed E-state index contributed by atoms with van der Waals surface area (Å²) in [6.07, 6.45) is 2.43. The molecule has 0 aliphatic carbocycles. The molecule has 0 aliphatic heterocycles. The largest absolute Gasteiger partial charge is 0.490 e. The first-order chi connectivity index (χ1) is 8.22. The minimum Gasteiger partial charge on any atom is -0.490 e. The monoisotopic (exact) mass is 234 g/mol. The maximum Gasteiger partial charge on any atom is 0.339 e. The first kappa shape index (κ1) is 13.3. The van der Waals surface area contributed by atoms with E-state index >= 15 is 0 Å². The fourth-order valence-electron chi connectivity index (χ4n) is 1.44. The van der Waals surface area contributed by atoms with E-state index in [1.807, 2.05) is 32.9 Å². The lowest BCUT2D eigenvalue weighted by Crippen LogP contribution is -2.11. The molecule has 0 fully saturated rings. The van der Waals surface area contributed by atoms with E-state index in [1.165, 1.54) is 0 Å². The van der Waals surface area contributed by atoms with Crippen LogP contribution in [0.4, 0.5) is 0 Å². The van der Waals surface area contributed by atoms with E-state index in [2.05, 4.69) is 0 Å². The van der Waals surface area contributed by atoms with Gasteiger partial charge in [0.15, 0.2) is 11.5 Å². The van der Waals surface area contributed by atoms with Gasteiger partial charge in [0.25, 0.3) is 0 Å². The van der Waals surface area contributed by atoms with Crippen molar-refractivity contribution in [2.24, 2.45) is 0 Å².